The van der Waals surface area contributed by atoms with Gasteiger partial charge in [0.25, 0.3) is 0 Å². The smallest absolute Gasteiger partial charge is 0.222 e. The highest BCUT2D eigenvalue weighted by molar-refractivity contribution is 5.80. The summed E-state index contributed by atoms with van der Waals surface area (Å²) in [6, 6.07) is -0.364. The van der Waals surface area contributed by atoms with Gasteiger partial charge in [-0.25, -0.2) is 0 Å². The molecule has 0 aliphatic heterocycles. The van der Waals surface area contributed by atoms with E-state index in [0.717, 1.165) is 19.3 Å². The Morgan fingerprint density at radius 2 is 1.22 bits per heavy atom. The third-order valence-electron chi connectivity index (χ3n) is 6.10. The van der Waals surface area contributed by atoms with Crippen LogP contribution in [0.15, 0.2) is 0 Å². The normalized spacial score (nSPS) is 17.6. The standard InChI is InChI=1S/C28H51NO8/c1-20(2)26(30)8-13-33-18-23(19-34-14-9-27(31)21(3)4)29-28(32)10-15-37-25-16-24(17-25)36-12-7-11-35-22(5)6/h20-25H,7-19H2,1-6H3,(H,29,32). The molecule has 1 amide bonds. The number of carbonyl (C=O) groups excluding carboxylic acids is 3. The summed E-state index contributed by atoms with van der Waals surface area (Å²) in [6.07, 6.45) is 4.10. The highest BCUT2D eigenvalue weighted by atomic mass is 16.5. The molecule has 0 aromatic heterocycles. The molecule has 1 saturated carbocycles. The van der Waals surface area contributed by atoms with Gasteiger partial charge in [0, 0.05) is 44.3 Å². The molecule has 0 atom stereocenters. The molecule has 0 aromatic carbocycles. The first-order chi connectivity index (χ1) is 17.6. The van der Waals surface area contributed by atoms with Gasteiger partial charge in [0.2, 0.25) is 5.91 Å². The van der Waals surface area contributed by atoms with E-state index in [4.69, 9.17) is 23.7 Å². The molecule has 37 heavy (non-hydrogen) atoms. The van der Waals surface area contributed by atoms with Crippen LogP contribution in [0.5, 0.6) is 0 Å². The minimum absolute atomic E-state index is 0.0252. The Balaban J connectivity index is 2.25. The zero-order valence-corrected chi connectivity index (χ0v) is 23.9. The van der Waals surface area contributed by atoms with Crippen LogP contribution in [0.3, 0.4) is 0 Å². The van der Waals surface area contributed by atoms with E-state index in [1.54, 1.807) is 0 Å². The van der Waals surface area contributed by atoms with E-state index in [0.29, 0.717) is 45.9 Å². The summed E-state index contributed by atoms with van der Waals surface area (Å²) in [7, 11) is 0. The summed E-state index contributed by atoms with van der Waals surface area (Å²) in [5.74, 6) is 0.0893. The van der Waals surface area contributed by atoms with Gasteiger partial charge < -0.3 is 29.0 Å². The molecule has 9 heteroatoms. The molecule has 1 aliphatic carbocycles. The van der Waals surface area contributed by atoms with Crippen LogP contribution >= 0.6 is 0 Å². The summed E-state index contributed by atoms with van der Waals surface area (Å²) >= 11 is 0. The average molecular weight is 530 g/mol. The Labute approximate surface area is 223 Å². The lowest BCUT2D eigenvalue weighted by molar-refractivity contribution is -0.129. The summed E-state index contributed by atoms with van der Waals surface area (Å²) in [5, 5.41) is 2.93. The lowest BCUT2D eigenvalue weighted by atomic mass is 9.92. The van der Waals surface area contributed by atoms with Gasteiger partial charge in [-0.2, -0.15) is 0 Å². The van der Waals surface area contributed by atoms with Gasteiger partial charge in [-0.15, -0.1) is 0 Å². The van der Waals surface area contributed by atoms with Crippen molar-refractivity contribution in [1.82, 2.24) is 5.32 Å². The van der Waals surface area contributed by atoms with Crippen molar-refractivity contribution in [2.45, 2.75) is 104 Å². The fourth-order valence-electron chi connectivity index (χ4n) is 3.54. The maximum Gasteiger partial charge on any atom is 0.222 e. The van der Waals surface area contributed by atoms with Crippen LogP contribution in [0, 0.1) is 11.8 Å². The topological polar surface area (TPSA) is 109 Å². The van der Waals surface area contributed by atoms with Crippen molar-refractivity contribution in [3.05, 3.63) is 0 Å². The first-order valence-electron chi connectivity index (χ1n) is 13.9. The number of hydrogen-bond acceptors (Lipinski definition) is 8. The van der Waals surface area contributed by atoms with Gasteiger partial charge in [0.05, 0.1) is 57.4 Å². The molecule has 0 radical (unpaired) electrons. The molecule has 1 fully saturated rings. The molecule has 0 heterocycles. The Morgan fingerprint density at radius 1 is 0.703 bits per heavy atom. The van der Waals surface area contributed by atoms with Crippen molar-refractivity contribution in [3.63, 3.8) is 0 Å². The number of ketones is 2. The first-order valence-corrected chi connectivity index (χ1v) is 13.9. The summed E-state index contributed by atoms with van der Waals surface area (Å²) in [4.78, 5) is 36.0. The molecule has 0 bridgehead atoms. The van der Waals surface area contributed by atoms with Crippen LogP contribution < -0.4 is 5.32 Å². The highest BCUT2D eigenvalue weighted by Gasteiger charge is 2.30. The van der Waals surface area contributed by atoms with Crippen molar-refractivity contribution < 1.29 is 38.1 Å². The Hall–Kier alpha value is -1.39. The molecular weight excluding hydrogens is 478 g/mol. The van der Waals surface area contributed by atoms with Crippen LogP contribution in [-0.4, -0.2) is 88.1 Å². The van der Waals surface area contributed by atoms with Crippen LogP contribution in [0.4, 0.5) is 0 Å². The van der Waals surface area contributed by atoms with Crippen molar-refractivity contribution >= 4 is 17.5 Å². The monoisotopic (exact) mass is 529 g/mol. The van der Waals surface area contributed by atoms with Gasteiger partial charge >= 0.3 is 0 Å². The highest BCUT2D eigenvalue weighted by Crippen LogP contribution is 2.26. The maximum atomic E-state index is 12.5. The molecule has 0 saturated heterocycles. The lowest BCUT2D eigenvalue weighted by Crippen LogP contribution is -2.43. The molecule has 1 rings (SSSR count). The molecule has 0 aromatic rings. The number of rotatable bonds is 23. The van der Waals surface area contributed by atoms with Crippen molar-refractivity contribution in [1.29, 1.82) is 0 Å². The zero-order valence-electron chi connectivity index (χ0n) is 23.9. The van der Waals surface area contributed by atoms with E-state index in [9.17, 15) is 14.4 Å². The van der Waals surface area contributed by atoms with Crippen LogP contribution in [0.2, 0.25) is 0 Å². The van der Waals surface area contributed by atoms with Gasteiger partial charge in [0.15, 0.2) is 0 Å². The van der Waals surface area contributed by atoms with E-state index < -0.39 is 0 Å². The van der Waals surface area contributed by atoms with E-state index in [2.05, 4.69) is 5.32 Å². The Kier molecular flexibility index (Phi) is 17.9. The SMILES string of the molecule is CC(C)OCCCOC1CC(OCCC(=O)NC(COCCC(=O)C(C)C)COCCC(=O)C(C)C)C1. The summed E-state index contributed by atoms with van der Waals surface area (Å²) < 4.78 is 28.4. The predicted molar refractivity (Wildman–Crippen MR) is 142 cm³/mol. The third-order valence-corrected chi connectivity index (χ3v) is 6.10. The minimum Gasteiger partial charge on any atom is -0.379 e. The molecule has 0 unspecified atom stereocenters. The van der Waals surface area contributed by atoms with Crippen LogP contribution in [-0.2, 0) is 38.1 Å². The van der Waals surface area contributed by atoms with Crippen LogP contribution in [0.1, 0.15) is 80.1 Å². The zero-order chi connectivity index (χ0) is 27.6. The molecule has 0 spiro atoms. The number of Topliss-reactive ketones (excluding diaryl/α,β-unsaturated/α-hetero) is 2. The quantitative estimate of drug-likeness (QED) is 0.200. The van der Waals surface area contributed by atoms with Gasteiger partial charge in [-0.05, 0) is 33.1 Å². The largest absolute Gasteiger partial charge is 0.379 e. The fraction of sp³-hybridized carbons (Fsp3) is 0.893. The van der Waals surface area contributed by atoms with Crippen LogP contribution in [0.25, 0.3) is 0 Å². The minimum atomic E-state index is -0.364. The number of nitrogens with one attached hydrogen (secondary N) is 1. The fourth-order valence-corrected chi connectivity index (χ4v) is 3.54. The van der Waals surface area contributed by atoms with E-state index in [-0.39, 0.29) is 73.3 Å². The van der Waals surface area contributed by atoms with E-state index in [1.165, 1.54) is 0 Å². The second-order valence-electron chi connectivity index (χ2n) is 10.6. The van der Waals surface area contributed by atoms with Gasteiger partial charge in [-0.1, -0.05) is 27.7 Å². The summed E-state index contributed by atoms with van der Waals surface area (Å²) in [5.41, 5.74) is 0. The van der Waals surface area contributed by atoms with Crippen molar-refractivity contribution in [2.24, 2.45) is 11.8 Å². The van der Waals surface area contributed by atoms with Gasteiger partial charge in [-0.3, -0.25) is 14.4 Å². The summed E-state index contributed by atoms with van der Waals surface area (Å²) in [6.45, 7) is 14.3. The predicted octanol–water partition coefficient (Wildman–Crippen LogP) is 3.50. The number of carbonyl (C=O) groups is 3. The number of hydrogen-bond donors (Lipinski definition) is 1. The Morgan fingerprint density at radius 3 is 1.70 bits per heavy atom. The molecular formula is C28H51NO8. The Bertz CT molecular complexity index is 618. The third kappa shape index (κ3) is 16.9. The van der Waals surface area contributed by atoms with E-state index in [1.807, 2.05) is 41.5 Å². The van der Waals surface area contributed by atoms with Crippen molar-refractivity contribution in [3.8, 4) is 0 Å². The lowest BCUT2D eigenvalue weighted by Gasteiger charge is -2.35. The second kappa shape index (κ2) is 19.6. The number of ether oxygens (including phenoxy) is 5. The first kappa shape index (κ1) is 33.6. The van der Waals surface area contributed by atoms with E-state index >= 15 is 0 Å². The maximum absolute atomic E-state index is 12.5. The number of amides is 1. The van der Waals surface area contributed by atoms with Crippen molar-refractivity contribution in [2.75, 3.05) is 46.2 Å². The molecule has 1 N–H and O–H groups in total. The second-order valence-corrected chi connectivity index (χ2v) is 10.6. The molecule has 9 nitrogen and oxygen atoms in total. The average Bonchev–Trinajstić information content (AvgIpc) is 2.80. The van der Waals surface area contributed by atoms with Gasteiger partial charge in [0.1, 0.15) is 11.6 Å². The molecule has 1 aliphatic rings. The molecule has 216 valence electrons.